The highest BCUT2D eigenvalue weighted by atomic mass is 19.4. The normalized spacial score (nSPS) is 19.0. The molecule has 5 heteroatoms. The number of pyridine rings is 1. The Morgan fingerprint density at radius 1 is 1.31 bits per heavy atom. The first-order valence-electron chi connectivity index (χ1n) is 5.21. The van der Waals surface area contributed by atoms with Crippen LogP contribution in [-0.4, -0.2) is 10.5 Å². The van der Waals surface area contributed by atoms with Gasteiger partial charge in [-0.3, -0.25) is 0 Å². The first-order valence-corrected chi connectivity index (χ1v) is 5.21. The van der Waals surface area contributed by atoms with Gasteiger partial charge in [0.25, 0.3) is 0 Å². The molecular formula is C11H13F3N2. The predicted octanol–water partition coefficient (Wildman–Crippen LogP) is 3.45. The Labute approximate surface area is 91.9 Å². The lowest BCUT2D eigenvalue weighted by atomic mass is 9.78. The van der Waals surface area contributed by atoms with Gasteiger partial charge >= 0.3 is 6.18 Å². The van der Waals surface area contributed by atoms with Crippen molar-refractivity contribution in [3.05, 3.63) is 23.9 Å². The standard InChI is InChI=1S/C11H13F3N2/c1-10(5-2-6-10)16-9-4-3-8(7-15-9)11(12,13)14/h3-4,7H,2,5-6H2,1H3,(H,15,16). The number of hydrogen-bond acceptors (Lipinski definition) is 2. The van der Waals surface area contributed by atoms with Crippen molar-refractivity contribution in [2.45, 2.75) is 37.9 Å². The third kappa shape index (κ3) is 2.28. The second kappa shape index (κ2) is 3.64. The smallest absolute Gasteiger partial charge is 0.365 e. The number of nitrogens with one attached hydrogen (secondary N) is 1. The molecule has 0 spiro atoms. The van der Waals surface area contributed by atoms with Gasteiger partial charge in [0, 0.05) is 11.7 Å². The molecule has 1 aromatic rings. The summed E-state index contributed by atoms with van der Waals surface area (Å²) in [5, 5.41) is 3.15. The number of halogens is 3. The third-order valence-electron chi connectivity index (χ3n) is 2.98. The summed E-state index contributed by atoms with van der Waals surface area (Å²) in [5.74, 6) is 0.509. The van der Waals surface area contributed by atoms with Gasteiger partial charge in [0.2, 0.25) is 0 Å². The van der Waals surface area contributed by atoms with E-state index in [1.54, 1.807) is 0 Å². The van der Waals surface area contributed by atoms with Crippen LogP contribution in [0.15, 0.2) is 18.3 Å². The van der Waals surface area contributed by atoms with Gasteiger partial charge < -0.3 is 5.32 Å². The van der Waals surface area contributed by atoms with Gasteiger partial charge in [-0.1, -0.05) is 0 Å². The highest BCUT2D eigenvalue weighted by Gasteiger charge is 2.33. The summed E-state index contributed by atoms with van der Waals surface area (Å²) in [5.41, 5.74) is -0.705. The molecule has 2 rings (SSSR count). The van der Waals surface area contributed by atoms with Gasteiger partial charge in [-0.2, -0.15) is 13.2 Å². The molecule has 1 N–H and O–H groups in total. The van der Waals surface area contributed by atoms with Crippen LogP contribution in [0.3, 0.4) is 0 Å². The summed E-state index contributed by atoms with van der Waals surface area (Å²) in [6.45, 7) is 2.05. The van der Waals surface area contributed by atoms with Crippen LogP contribution in [0, 0.1) is 0 Å². The summed E-state index contributed by atoms with van der Waals surface area (Å²) >= 11 is 0. The van der Waals surface area contributed by atoms with E-state index in [1.165, 1.54) is 6.07 Å². The summed E-state index contributed by atoms with van der Waals surface area (Å²) < 4.78 is 36.8. The van der Waals surface area contributed by atoms with Crippen molar-refractivity contribution in [3.63, 3.8) is 0 Å². The average molecular weight is 230 g/mol. The maximum Gasteiger partial charge on any atom is 0.417 e. The van der Waals surface area contributed by atoms with Crippen LogP contribution in [0.5, 0.6) is 0 Å². The molecule has 0 atom stereocenters. The minimum Gasteiger partial charge on any atom is -0.365 e. The summed E-state index contributed by atoms with van der Waals surface area (Å²) in [7, 11) is 0. The molecule has 0 amide bonds. The molecule has 0 saturated heterocycles. The van der Waals surface area contributed by atoms with Crippen molar-refractivity contribution in [3.8, 4) is 0 Å². The van der Waals surface area contributed by atoms with Crippen molar-refractivity contribution in [2.24, 2.45) is 0 Å². The van der Waals surface area contributed by atoms with E-state index in [9.17, 15) is 13.2 Å². The predicted molar refractivity (Wildman–Crippen MR) is 55.1 cm³/mol. The fraction of sp³-hybridized carbons (Fsp3) is 0.545. The van der Waals surface area contributed by atoms with Crippen molar-refractivity contribution in [1.29, 1.82) is 0 Å². The quantitative estimate of drug-likeness (QED) is 0.841. The maximum atomic E-state index is 12.3. The number of anilines is 1. The zero-order valence-electron chi connectivity index (χ0n) is 8.93. The van der Waals surface area contributed by atoms with E-state index in [1.807, 2.05) is 0 Å². The number of rotatable bonds is 2. The Morgan fingerprint density at radius 3 is 2.38 bits per heavy atom. The van der Waals surface area contributed by atoms with E-state index in [0.29, 0.717) is 5.82 Å². The fourth-order valence-corrected chi connectivity index (χ4v) is 1.78. The summed E-state index contributed by atoms with van der Waals surface area (Å²) in [4.78, 5) is 3.78. The van der Waals surface area contributed by atoms with Crippen LogP contribution in [-0.2, 0) is 6.18 Å². The van der Waals surface area contributed by atoms with E-state index < -0.39 is 11.7 Å². The number of hydrogen-bond donors (Lipinski definition) is 1. The monoisotopic (exact) mass is 230 g/mol. The molecule has 0 bridgehead atoms. The number of alkyl halides is 3. The van der Waals surface area contributed by atoms with Crippen LogP contribution >= 0.6 is 0 Å². The van der Waals surface area contributed by atoms with Crippen LogP contribution in [0.4, 0.5) is 19.0 Å². The molecule has 1 saturated carbocycles. The minimum atomic E-state index is -4.31. The van der Waals surface area contributed by atoms with E-state index in [-0.39, 0.29) is 5.54 Å². The Kier molecular flexibility index (Phi) is 2.56. The molecule has 1 fully saturated rings. The minimum absolute atomic E-state index is 0.00670. The molecule has 1 aromatic heterocycles. The molecule has 0 radical (unpaired) electrons. The molecule has 0 aromatic carbocycles. The van der Waals surface area contributed by atoms with Crippen molar-refractivity contribution in [2.75, 3.05) is 5.32 Å². The van der Waals surface area contributed by atoms with E-state index in [2.05, 4.69) is 17.2 Å². The van der Waals surface area contributed by atoms with Crippen molar-refractivity contribution >= 4 is 5.82 Å². The van der Waals surface area contributed by atoms with Gasteiger partial charge in [0.15, 0.2) is 0 Å². The second-order valence-electron chi connectivity index (χ2n) is 4.47. The van der Waals surface area contributed by atoms with Crippen molar-refractivity contribution in [1.82, 2.24) is 4.98 Å². The lowest BCUT2D eigenvalue weighted by molar-refractivity contribution is -0.137. The lowest BCUT2D eigenvalue weighted by Gasteiger charge is -2.39. The highest BCUT2D eigenvalue weighted by molar-refractivity contribution is 5.39. The molecule has 2 nitrogen and oxygen atoms in total. The molecule has 88 valence electrons. The SMILES string of the molecule is CC1(Nc2ccc(C(F)(F)F)cn2)CCC1. The number of aromatic nitrogens is 1. The van der Waals surface area contributed by atoms with E-state index in [0.717, 1.165) is 31.5 Å². The zero-order chi connectivity index (χ0) is 11.8. The molecule has 1 aliphatic carbocycles. The molecule has 0 aliphatic heterocycles. The van der Waals surface area contributed by atoms with E-state index in [4.69, 9.17) is 0 Å². The van der Waals surface area contributed by atoms with Crippen LogP contribution in [0.2, 0.25) is 0 Å². The Bertz CT molecular complexity index is 366. The van der Waals surface area contributed by atoms with Crippen LogP contribution < -0.4 is 5.32 Å². The van der Waals surface area contributed by atoms with Gasteiger partial charge in [0.1, 0.15) is 5.82 Å². The Hall–Kier alpha value is -1.26. The summed E-state index contributed by atoms with van der Waals surface area (Å²) in [6, 6.07) is 2.43. The third-order valence-corrected chi connectivity index (χ3v) is 2.98. The van der Waals surface area contributed by atoms with Gasteiger partial charge in [-0.25, -0.2) is 4.98 Å². The summed E-state index contributed by atoms with van der Waals surface area (Å²) in [6.07, 6.45) is -0.216. The van der Waals surface area contributed by atoms with Crippen LogP contribution in [0.25, 0.3) is 0 Å². The first-order chi connectivity index (χ1) is 7.39. The number of nitrogens with zero attached hydrogens (tertiary/aromatic N) is 1. The van der Waals surface area contributed by atoms with Crippen molar-refractivity contribution < 1.29 is 13.2 Å². The van der Waals surface area contributed by atoms with Crippen LogP contribution in [0.1, 0.15) is 31.7 Å². The molecule has 0 unspecified atom stereocenters. The van der Waals surface area contributed by atoms with Gasteiger partial charge in [0.05, 0.1) is 5.56 Å². The lowest BCUT2D eigenvalue weighted by Crippen LogP contribution is -2.41. The Morgan fingerprint density at radius 2 is 2.00 bits per heavy atom. The largest absolute Gasteiger partial charge is 0.417 e. The zero-order valence-corrected chi connectivity index (χ0v) is 8.93. The van der Waals surface area contributed by atoms with E-state index >= 15 is 0 Å². The maximum absolute atomic E-state index is 12.3. The topological polar surface area (TPSA) is 24.9 Å². The molecular weight excluding hydrogens is 217 g/mol. The van der Waals surface area contributed by atoms with Gasteiger partial charge in [-0.15, -0.1) is 0 Å². The first kappa shape index (κ1) is 11.2. The molecule has 1 heterocycles. The highest BCUT2D eigenvalue weighted by Crippen LogP contribution is 2.35. The second-order valence-corrected chi connectivity index (χ2v) is 4.47. The molecule has 16 heavy (non-hydrogen) atoms. The Balaban J connectivity index is 2.08. The fourth-order valence-electron chi connectivity index (χ4n) is 1.78. The average Bonchev–Trinajstić information content (AvgIpc) is 2.15. The van der Waals surface area contributed by atoms with Gasteiger partial charge in [-0.05, 0) is 38.3 Å². The molecule has 1 aliphatic rings.